The van der Waals surface area contributed by atoms with Crippen molar-refractivity contribution in [3.05, 3.63) is 30.1 Å². The minimum absolute atomic E-state index is 0.0943. The molecule has 6 heteroatoms. The molecular formula is C11H12ClFN2O2. The standard InChI is InChI=1S/C11H12ClFN2O2/c1-15(11(17)6-12)7-10(16)14-9-4-2-8(13)3-5-9/h2-5H,6-7H2,1H3,(H,14,16). The van der Waals surface area contributed by atoms with Crippen molar-refractivity contribution < 1.29 is 14.0 Å². The summed E-state index contributed by atoms with van der Waals surface area (Å²) in [5.74, 6) is -1.24. The van der Waals surface area contributed by atoms with Gasteiger partial charge in [0.1, 0.15) is 11.7 Å². The Balaban J connectivity index is 2.50. The van der Waals surface area contributed by atoms with E-state index < -0.39 is 0 Å². The molecule has 1 N–H and O–H groups in total. The highest BCUT2D eigenvalue weighted by Crippen LogP contribution is 2.07. The summed E-state index contributed by atoms with van der Waals surface area (Å²) >= 11 is 5.34. The second kappa shape index (κ2) is 6.20. The molecule has 0 aliphatic heterocycles. The van der Waals surface area contributed by atoms with E-state index in [0.29, 0.717) is 5.69 Å². The highest BCUT2D eigenvalue weighted by Gasteiger charge is 2.11. The molecule has 0 aliphatic carbocycles. The number of anilines is 1. The molecule has 92 valence electrons. The van der Waals surface area contributed by atoms with Crippen LogP contribution >= 0.6 is 11.6 Å². The van der Waals surface area contributed by atoms with Gasteiger partial charge in [-0.2, -0.15) is 0 Å². The molecule has 2 amide bonds. The zero-order valence-corrected chi connectivity index (χ0v) is 10.00. The first-order valence-electron chi connectivity index (χ1n) is 4.88. The first kappa shape index (κ1) is 13.4. The molecule has 17 heavy (non-hydrogen) atoms. The Morgan fingerprint density at radius 1 is 1.35 bits per heavy atom. The van der Waals surface area contributed by atoms with E-state index in [1.54, 1.807) is 0 Å². The number of nitrogens with one attached hydrogen (secondary N) is 1. The molecule has 1 aromatic carbocycles. The van der Waals surface area contributed by atoms with Crippen LogP contribution in [0.2, 0.25) is 0 Å². The van der Waals surface area contributed by atoms with E-state index in [-0.39, 0.29) is 30.1 Å². The van der Waals surface area contributed by atoms with E-state index in [4.69, 9.17) is 11.6 Å². The second-order valence-electron chi connectivity index (χ2n) is 3.44. The Morgan fingerprint density at radius 2 is 1.94 bits per heavy atom. The van der Waals surface area contributed by atoms with Crippen molar-refractivity contribution in [2.75, 3.05) is 24.8 Å². The van der Waals surface area contributed by atoms with Crippen LogP contribution in [0.15, 0.2) is 24.3 Å². The molecule has 0 radical (unpaired) electrons. The fraction of sp³-hybridized carbons (Fsp3) is 0.273. The van der Waals surface area contributed by atoms with Crippen LogP contribution < -0.4 is 5.32 Å². The number of alkyl halides is 1. The van der Waals surface area contributed by atoms with E-state index >= 15 is 0 Å². The van der Waals surface area contributed by atoms with Crippen molar-refractivity contribution in [3.8, 4) is 0 Å². The second-order valence-corrected chi connectivity index (χ2v) is 3.71. The third-order valence-electron chi connectivity index (χ3n) is 2.05. The normalized spacial score (nSPS) is 9.82. The molecule has 1 aromatic rings. The SMILES string of the molecule is CN(CC(=O)Nc1ccc(F)cc1)C(=O)CCl. The summed E-state index contributed by atoms with van der Waals surface area (Å²) in [6.45, 7) is -0.0943. The number of halogens is 2. The molecular weight excluding hydrogens is 247 g/mol. The number of benzene rings is 1. The van der Waals surface area contributed by atoms with Gasteiger partial charge in [-0.1, -0.05) is 0 Å². The molecule has 0 bridgehead atoms. The zero-order valence-electron chi connectivity index (χ0n) is 9.24. The Bertz CT molecular complexity index is 408. The number of hydrogen-bond donors (Lipinski definition) is 1. The maximum absolute atomic E-state index is 12.6. The van der Waals surface area contributed by atoms with Gasteiger partial charge in [-0.25, -0.2) is 4.39 Å². The number of rotatable bonds is 4. The monoisotopic (exact) mass is 258 g/mol. The fourth-order valence-corrected chi connectivity index (χ4v) is 1.34. The predicted octanol–water partition coefficient (Wildman–Crippen LogP) is 1.46. The molecule has 0 saturated carbocycles. The molecule has 0 spiro atoms. The number of hydrogen-bond acceptors (Lipinski definition) is 2. The smallest absolute Gasteiger partial charge is 0.243 e. The molecule has 0 atom stereocenters. The van der Waals surface area contributed by atoms with Gasteiger partial charge in [0.25, 0.3) is 0 Å². The first-order valence-corrected chi connectivity index (χ1v) is 5.41. The Kier molecular flexibility index (Phi) is 4.90. The average molecular weight is 259 g/mol. The van der Waals surface area contributed by atoms with Gasteiger partial charge in [-0.05, 0) is 24.3 Å². The fourth-order valence-electron chi connectivity index (χ4n) is 1.14. The molecule has 0 aliphatic rings. The van der Waals surface area contributed by atoms with Gasteiger partial charge < -0.3 is 10.2 Å². The lowest BCUT2D eigenvalue weighted by Crippen LogP contribution is -2.35. The first-order chi connectivity index (χ1) is 8.02. The van der Waals surface area contributed by atoms with Crippen LogP contribution in [-0.4, -0.2) is 36.2 Å². The quantitative estimate of drug-likeness (QED) is 0.832. The van der Waals surface area contributed by atoms with Gasteiger partial charge in [0, 0.05) is 12.7 Å². The summed E-state index contributed by atoms with van der Waals surface area (Å²) in [5, 5.41) is 2.54. The van der Waals surface area contributed by atoms with Crippen LogP contribution in [0.5, 0.6) is 0 Å². The van der Waals surface area contributed by atoms with E-state index in [9.17, 15) is 14.0 Å². The Labute approximate surface area is 103 Å². The van der Waals surface area contributed by atoms with Crippen LogP contribution in [0.3, 0.4) is 0 Å². The van der Waals surface area contributed by atoms with Crippen molar-refractivity contribution in [2.24, 2.45) is 0 Å². The summed E-state index contributed by atoms with van der Waals surface area (Å²) in [6.07, 6.45) is 0. The number of nitrogens with zero attached hydrogens (tertiary/aromatic N) is 1. The molecule has 4 nitrogen and oxygen atoms in total. The summed E-state index contributed by atoms with van der Waals surface area (Å²) in [5.41, 5.74) is 0.475. The maximum atomic E-state index is 12.6. The van der Waals surface area contributed by atoms with Gasteiger partial charge in [0.05, 0.1) is 6.54 Å². The summed E-state index contributed by atoms with van der Waals surface area (Å²) in [7, 11) is 1.48. The Hall–Kier alpha value is -1.62. The average Bonchev–Trinajstić information content (AvgIpc) is 2.30. The van der Waals surface area contributed by atoms with Crippen molar-refractivity contribution >= 4 is 29.1 Å². The third-order valence-corrected chi connectivity index (χ3v) is 2.28. The lowest BCUT2D eigenvalue weighted by molar-refractivity contribution is -0.131. The van der Waals surface area contributed by atoms with Crippen LogP contribution in [0.1, 0.15) is 0 Å². The van der Waals surface area contributed by atoms with E-state index in [0.717, 1.165) is 0 Å². The maximum Gasteiger partial charge on any atom is 0.243 e. The number of amides is 2. The highest BCUT2D eigenvalue weighted by atomic mass is 35.5. The summed E-state index contributed by atoms with van der Waals surface area (Å²) in [4.78, 5) is 23.8. The number of carbonyl (C=O) groups excluding carboxylic acids is 2. The highest BCUT2D eigenvalue weighted by molar-refractivity contribution is 6.27. The van der Waals surface area contributed by atoms with E-state index in [1.165, 1.54) is 36.2 Å². The molecule has 1 rings (SSSR count). The number of carbonyl (C=O) groups is 2. The largest absolute Gasteiger partial charge is 0.335 e. The minimum atomic E-state index is -0.377. The van der Waals surface area contributed by atoms with Crippen molar-refractivity contribution in [3.63, 3.8) is 0 Å². The van der Waals surface area contributed by atoms with Gasteiger partial charge in [0.15, 0.2) is 0 Å². The number of likely N-dealkylation sites (N-methyl/N-ethyl adjacent to an activating group) is 1. The van der Waals surface area contributed by atoms with E-state index in [2.05, 4.69) is 5.32 Å². The lowest BCUT2D eigenvalue weighted by Gasteiger charge is -2.15. The van der Waals surface area contributed by atoms with Gasteiger partial charge in [-0.15, -0.1) is 11.6 Å². The summed E-state index contributed by atoms with van der Waals surface area (Å²) in [6, 6.07) is 5.36. The van der Waals surface area contributed by atoms with Crippen molar-refractivity contribution in [1.82, 2.24) is 4.90 Å². The van der Waals surface area contributed by atoms with Gasteiger partial charge in [-0.3, -0.25) is 9.59 Å². The molecule has 0 saturated heterocycles. The van der Waals surface area contributed by atoms with Crippen LogP contribution in [-0.2, 0) is 9.59 Å². The van der Waals surface area contributed by atoms with E-state index in [1.807, 2.05) is 0 Å². The summed E-state index contributed by atoms with van der Waals surface area (Å²) < 4.78 is 12.6. The lowest BCUT2D eigenvalue weighted by atomic mass is 10.3. The molecule has 0 unspecified atom stereocenters. The predicted molar refractivity (Wildman–Crippen MR) is 63.4 cm³/mol. The topological polar surface area (TPSA) is 49.4 Å². The molecule has 0 heterocycles. The Morgan fingerprint density at radius 3 is 2.47 bits per heavy atom. The molecule has 0 aromatic heterocycles. The van der Waals surface area contributed by atoms with Gasteiger partial charge in [0.2, 0.25) is 11.8 Å². The molecule has 0 fully saturated rings. The third kappa shape index (κ3) is 4.40. The zero-order chi connectivity index (χ0) is 12.8. The van der Waals surface area contributed by atoms with Crippen molar-refractivity contribution in [2.45, 2.75) is 0 Å². The van der Waals surface area contributed by atoms with Crippen LogP contribution in [0.4, 0.5) is 10.1 Å². The van der Waals surface area contributed by atoms with Crippen molar-refractivity contribution in [1.29, 1.82) is 0 Å². The van der Waals surface area contributed by atoms with Crippen LogP contribution in [0, 0.1) is 5.82 Å². The minimum Gasteiger partial charge on any atom is -0.335 e. The van der Waals surface area contributed by atoms with Gasteiger partial charge >= 0.3 is 0 Å². The van der Waals surface area contributed by atoms with Crippen LogP contribution in [0.25, 0.3) is 0 Å².